The maximum absolute atomic E-state index is 13.0. The number of nitrogens with one attached hydrogen (secondary N) is 1. The van der Waals surface area contributed by atoms with Crippen LogP contribution >= 0.6 is 11.3 Å². The molecule has 0 bridgehead atoms. The Morgan fingerprint density at radius 1 is 1.30 bits per heavy atom. The molecule has 0 radical (unpaired) electrons. The fraction of sp³-hybridized carbons (Fsp3) is 0.682. The molecule has 2 aromatic rings. The maximum Gasteiger partial charge on any atom is 0.252 e. The first kappa shape index (κ1) is 21.5. The minimum Gasteiger partial charge on any atom is -0.341 e. The number of aromatic nitrogens is 3. The third kappa shape index (κ3) is 4.18. The van der Waals surface area contributed by atoms with Gasteiger partial charge in [-0.15, -0.1) is 5.10 Å². The molecule has 4 rings (SSSR count). The first-order valence-corrected chi connectivity index (χ1v) is 12.0. The van der Waals surface area contributed by atoms with Crippen LogP contribution in [0.15, 0.2) is 23.0 Å². The van der Waals surface area contributed by atoms with Gasteiger partial charge in [-0.2, -0.15) is 11.3 Å². The van der Waals surface area contributed by atoms with Gasteiger partial charge < -0.3 is 16.0 Å². The highest BCUT2D eigenvalue weighted by molar-refractivity contribution is 7.08. The van der Waals surface area contributed by atoms with Gasteiger partial charge in [-0.05, 0) is 62.9 Å². The first-order chi connectivity index (χ1) is 14.3. The fourth-order valence-electron chi connectivity index (χ4n) is 4.87. The zero-order chi connectivity index (χ0) is 21.4. The van der Waals surface area contributed by atoms with Gasteiger partial charge in [0.15, 0.2) is 0 Å². The van der Waals surface area contributed by atoms with Crippen LogP contribution in [0.3, 0.4) is 0 Å². The Morgan fingerprint density at radius 3 is 2.63 bits per heavy atom. The Kier molecular flexibility index (Phi) is 6.01. The van der Waals surface area contributed by atoms with E-state index in [0.717, 1.165) is 50.4 Å². The first-order valence-electron chi connectivity index (χ1n) is 11.1. The molecule has 3 heterocycles. The Morgan fingerprint density at radius 2 is 2.00 bits per heavy atom. The second kappa shape index (κ2) is 8.40. The van der Waals surface area contributed by atoms with Crippen molar-refractivity contribution in [3.63, 3.8) is 0 Å². The van der Waals surface area contributed by atoms with Gasteiger partial charge in [0.25, 0.3) is 5.91 Å². The van der Waals surface area contributed by atoms with Crippen molar-refractivity contribution in [1.29, 1.82) is 0 Å². The molecule has 1 saturated heterocycles. The van der Waals surface area contributed by atoms with E-state index in [9.17, 15) is 4.79 Å². The smallest absolute Gasteiger partial charge is 0.252 e. The normalized spacial score (nSPS) is 26.8. The minimum atomic E-state index is -0.570. The molecule has 1 amide bonds. The molecule has 1 saturated carbocycles. The van der Waals surface area contributed by atoms with Gasteiger partial charge in [-0.3, -0.25) is 4.79 Å². The third-order valence-electron chi connectivity index (χ3n) is 7.32. The summed E-state index contributed by atoms with van der Waals surface area (Å²) < 4.78 is 1.84. The molecule has 0 aromatic carbocycles. The molecule has 2 aromatic heterocycles. The van der Waals surface area contributed by atoms with Crippen LogP contribution in [0.4, 0.5) is 0 Å². The summed E-state index contributed by atoms with van der Waals surface area (Å²) in [5.41, 5.74) is 7.15. The summed E-state index contributed by atoms with van der Waals surface area (Å²) in [6.07, 6.45) is 8.17. The van der Waals surface area contributed by atoms with E-state index >= 15 is 0 Å². The van der Waals surface area contributed by atoms with Crippen LogP contribution in [-0.4, -0.2) is 45.9 Å². The van der Waals surface area contributed by atoms with Gasteiger partial charge in [0.05, 0.1) is 17.3 Å². The quantitative estimate of drug-likeness (QED) is 0.761. The molecule has 1 atom stereocenters. The summed E-state index contributed by atoms with van der Waals surface area (Å²) in [6, 6.07) is 1.87. The van der Waals surface area contributed by atoms with Crippen molar-refractivity contribution < 1.29 is 4.79 Å². The highest BCUT2D eigenvalue weighted by Crippen LogP contribution is 2.41. The van der Waals surface area contributed by atoms with Crippen molar-refractivity contribution in [3.8, 4) is 0 Å². The van der Waals surface area contributed by atoms with Gasteiger partial charge >= 0.3 is 0 Å². The number of hydrogen-bond donors (Lipinski definition) is 2. The zero-order valence-electron chi connectivity index (χ0n) is 18.3. The monoisotopic (exact) mass is 430 g/mol. The van der Waals surface area contributed by atoms with E-state index in [4.69, 9.17) is 5.73 Å². The van der Waals surface area contributed by atoms with Crippen molar-refractivity contribution in [2.24, 2.45) is 17.6 Å². The lowest BCUT2D eigenvalue weighted by molar-refractivity contribution is 0.0813. The van der Waals surface area contributed by atoms with E-state index in [0.29, 0.717) is 11.5 Å². The highest BCUT2D eigenvalue weighted by atomic mass is 32.1. The number of carbonyl (C=O) groups is 1. The standard InChI is InChI=1S/C22H34N6OS/c1-16-4-6-18(7-5-16)21(2,24-20(29)17-8-13-30-15-17)19-14-28(26-25-19)22(23)9-11-27(3)12-10-22/h8,13-16,18H,4-7,9-12,23H2,1-3H3,(H,24,29)/t16-,18-,21-/m0/s1. The van der Waals surface area contributed by atoms with Crippen molar-refractivity contribution >= 4 is 17.2 Å². The molecule has 0 unspecified atom stereocenters. The second-order valence-corrected chi connectivity index (χ2v) is 10.4. The largest absolute Gasteiger partial charge is 0.341 e. The second-order valence-electron chi connectivity index (χ2n) is 9.58. The van der Waals surface area contributed by atoms with E-state index in [2.05, 4.69) is 41.4 Å². The molecule has 2 aliphatic rings. The molecular formula is C22H34N6OS. The highest BCUT2D eigenvalue weighted by Gasteiger charge is 2.42. The van der Waals surface area contributed by atoms with Gasteiger partial charge in [0.2, 0.25) is 0 Å². The van der Waals surface area contributed by atoms with Crippen LogP contribution in [0, 0.1) is 11.8 Å². The predicted molar refractivity (Wildman–Crippen MR) is 119 cm³/mol. The summed E-state index contributed by atoms with van der Waals surface area (Å²) in [5, 5.41) is 16.2. The molecule has 164 valence electrons. The number of amides is 1. The van der Waals surface area contributed by atoms with Crippen molar-refractivity contribution in [2.45, 2.75) is 63.6 Å². The SMILES string of the molecule is CN1CCC(N)(n2cc([C@@](C)(NC(=O)c3ccsc3)[C@H]3CC[C@H](C)CC3)nn2)CC1. The number of carbonyl (C=O) groups excluding carboxylic acids is 1. The van der Waals surface area contributed by atoms with E-state index in [1.807, 2.05) is 27.7 Å². The average Bonchev–Trinajstić information content (AvgIpc) is 3.43. The van der Waals surface area contributed by atoms with Crippen molar-refractivity contribution in [1.82, 2.24) is 25.2 Å². The Labute approximate surface area is 183 Å². The molecule has 3 N–H and O–H groups in total. The molecule has 0 spiro atoms. The summed E-state index contributed by atoms with van der Waals surface area (Å²) in [7, 11) is 2.12. The summed E-state index contributed by atoms with van der Waals surface area (Å²) in [5.74, 6) is 1.02. The van der Waals surface area contributed by atoms with Crippen LogP contribution in [0.1, 0.15) is 68.4 Å². The molecule has 30 heavy (non-hydrogen) atoms. The van der Waals surface area contributed by atoms with Crippen LogP contribution in [0.5, 0.6) is 0 Å². The number of hydrogen-bond acceptors (Lipinski definition) is 6. The van der Waals surface area contributed by atoms with Crippen LogP contribution in [-0.2, 0) is 11.2 Å². The van der Waals surface area contributed by atoms with E-state index in [1.54, 1.807) is 0 Å². The maximum atomic E-state index is 13.0. The third-order valence-corrected chi connectivity index (χ3v) is 8.01. The van der Waals surface area contributed by atoms with Crippen LogP contribution in [0.25, 0.3) is 0 Å². The number of likely N-dealkylation sites (tertiary alicyclic amines) is 1. The topological polar surface area (TPSA) is 89.1 Å². The van der Waals surface area contributed by atoms with Crippen molar-refractivity contribution in [3.05, 3.63) is 34.3 Å². The molecule has 1 aliphatic carbocycles. The fourth-order valence-corrected chi connectivity index (χ4v) is 5.50. The van der Waals surface area contributed by atoms with E-state index < -0.39 is 11.2 Å². The Balaban J connectivity index is 1.62. The minimum absolute atomic E-state index is 0.0475. The van der Waals surface area contributed by atoms with Crippen LogP contribution in [0.2, 0.25) is 0 Å². The number of thiophene rings is 1. The molecule has 8 heteroatoms. The molecule has 7 nitrogen and oxygen atoms in total. The zero-order valence-corrected chi connectivity index (χ0v) is 19.1. The lowest BCUT2D eigenvalue weighted by atomic mass is 9.71. The number of rotatable bonds is 5. The lowest BCUT2D eigenvalue weighted by Crippen LogP contribution is -2.52. The van der Waals surface area contributed by atoms with Gasteiger partial charge in [-0.25, -0.2) is 4.68 Å². The number of nitrogens with two attached hydrogens (primary N) is 1. The molecular weight excluding hydrogens is 396 g/mol. The molecule has 1 aliphatic heterocycles. The van der Waals surface area contributed by atoms with Crippen LogP contribution < -0.4 is 11.1 Å². The number of nitrogens with zero attached hydrogens (tertiary/aromatic N) is 4. The van der Waals surface area contributed by atoms with Gasteiger partial charge in [0.1, 0.15) is 11.4 Å². The van der Waals surface area contributed by atoms with Gasteiger partial charge in [0, 0.05) is 18.5 Å². The summed E-state index contributed by atoms with van der Waals surface area (Å²) >= 11 is 1.53. The van der Waals surface area contributed by atoms with E-state index in [-0.39, 0.29) is 5.91 Å². The predicted octanol–water partition coefficient (Wildman–Crippen LogP) is 3.15. The Bertz CT molecular complexity index is 849. The van der Waals surface area contributed by atoms with Crippen molar-refractivity contribution in [2.75, 3.05) is 20.1 Å². The van der Waals surface area contributed by atoms with Gasteiger partial charge in [-0.1, -0.05) is 25.0 Å². The van der Waals surface area contributed by atoms with E-state index in [1.165, 1.54) is 24.2 Å². The average molecular weight is 431 g/mol. The Hall–Kier alpha value is -1.77. The molecule has 2 fully saturated rings. The summed E-state index contributed by atoms with van der Waals surface area (Å²) in [6.45, 7) is 6.31. The summed E-state index contributed by atoms with van der Waals surface area (Å²) in [4.78, 5) is 15.3. The number of piperidine rings is 1. The lowest BCUT2D eigenvalue weighted by Gasteiger charge is -2.40.